The number of halogens is 1. The van der Waals surface area contributed by atoms with Crippen molar-refractivity contribution in [3.63, 3.8) is 0 Å². The third kappa shape index (κ3) is 3.62. The zero-order chi connectivity index (χ0) is 16.1. The minimum atomic E-state index is -0.525. The van der Waals surface area contributed by atoms with Gasteiger partial charge in [0.05, 0.1) is 6.61 Å². The molecule has 0 fully saturated rings. The molecule has 0 spiro atoms. The van der Waals surface area contributed by atoms with Crippen LogP contribution >= 0.6 is 11.6 Å². The first-order valence-electron chi connectivity index (χ1n) is 6.63. The van der Waals surface area contributed by atoms with Crippen molar-refractivity contribution in [3.8, 4) is 11.3 Å². The van der Waals surface area contributed by atoms with E-state index < -0.39 is 5.97 Å². The Bertz CT molecular complexity index is 679. The highest BCUT2D eigenvalue weighted by molar-refractivity contribution is 6.30. The van der Waals surface area contributed by atoms with Crippen molar-refractivity contribution in [2.45, 2.75) is 6.92 Å². The van der Waals surface area contributed by atoms with Gasteiger partial charge >= 0.3 is 5.97 Å². The van der Waals surface area contributed by atoms with Gasteiger partial charge in [0.1, 0.15) is 11.4 Å². The molecular formula is C14H16ClN5O2. The molecule has 1 aromatic carbocycles. The number of hydrogen-bond donors (Lipinski definition) is 1. The lowest BCUT2D eigenvalue weighted by Crippen LogP contribution is -2.05. The molecule has 1 aromatic heterocycles. The lowest BCUT2D eigenvalue weighted by Gasteiger charge is -2.03. The topological polar surface area (TPSA) is 82.9 Å². The highest BCUT2D eigenvalue weighted by atomic mass is 35.5. The predicted molar refractivity (Wildman–Crippen MR) is 83.2 cm³/mol. The van der Waals surface area contributed by atoms with Crippen molar-refractivity contribution in [2.24, 2.45) is 10.3 Å². The number of nitrogens with one attached hydrogen (secondary N) is 1. The van der Waals surface area contributed by atoms with Gasteiger partial charge in [0, 0.05) is 24.7 Å². The van der Waals surface area contributed by atoms with Crippen molar-refractivity contribution in [1.82, 2.24) is 15.2 Å². The standard InChI is InChI=1S/C14H16ClN5O2/c1-4-22-14(21)13-12(18-19-20(2)3)11(16-17-13)9-5-7-10(15)8-6-9/h5-8H,4H2,1-3H3,(H,16,17). The van der Waals surface area contributed by atoms with E-state index in [2.05, 4.69) is 20.5 Å². The molecule has 0 saturated heterocycles. The van der Waals surface area contributed by atoms with Crippen LogP contribution in [0, 0.1) is 0 Å². The van der Waals surface area contributed by atoms with E-state index in [4.69, 9.17) is 16.3 Å². The van der Waals surface area contributed by atoms with Crippen molar-refractivity contribution in [3.05, 3.63) is 35.0 Å². The minimum absolute atomic E-state index is 0.164. The molecule has 1 N–H and O–H groups in total. The number of ether oxygens (including phenoxy) is 1. The van der Waals surface area contributed by atoms with Gasteiger partial charge in [-0.3, -0.25) is 10.1 Å². The maximum Gasteiger partial charge on any atom is 0.358 e. The Balaban J connectivity index is 2.49. The zero-order valence-corrected chi connectivity index (χ0v) is 13.3. The van der Waals surface area contributed by atoms with Gasteiger partial charge in [0.2, 0.25) is 0 Å². The van der Waals surface area contributed by atoms with Crippen LogP contribution in [0.2, 0.25) is 5.02 Å². The summed E-state index contributed by atoms with van der Waals surface area (Å²) in [6.07, 6.45) is 0. The molecular weight excluding hydrogens is 306 g/mol. The lowest BCUT2D eigenvalue weighted by atomic mass is 10.1. The van der Waals surface area contributed by atoms with E-state index in [0.717, 1.165) is 5.56 Å². The van der Waals surface area contributed by atoms with Gasteiger partial charge < -0.3 is 4.74 Å². The average Bonchev–Trinajstić information content (AvgIpc) is 2.90. The number of carbonyl (C=O) groups excluding carboxylic acids is 1. The van der Waals surface area contributed by atoms with E-state index in [1.165, 1.54) is 5.01 Å². The van der Waals surface area contributed by atoms with E-state index >= 15 is 0 Å². The van der Waals surface area contributed by atoms with Crippen LogP contribution < -0.4 is 0 Å². The number of aromatic nitrogens is 2. The van der Waals surface area contributed by atoms with Gasteiger partial charge in [-0.1, -0.05) is 29.0 Å². The Morgan fingerprint density at radius 3 is 2.64 bits per heavy atom. The third-order valence-corrected chi connectivity index (χ3v) is 2.91. The van der Waals surface area contributed by atoms with Crippen LogP contribution in [0.4, 0.5) is 5.69 Å². The molecule has 0 amide bonds. The summed E-state index contributed by atoms with van der Waals surface area (Å²) in [5, 5.41) is 17.0. The van der Waals surface area contributed by atoms with Crippen molar-refractivity contribution in [2.75, 3.05) is 20.7 Å². The summed E-state index contributed by atoms with van der Waals surface area (Å²) in [6.45, 7) is 1.99. The minimum Gasteiger partial charge on any atom is -0.461 e. The van der Waals surface area contributed by atoms with Gasteiger partial charge in [0.25, 0.3) is 0 Å². The van der Waals surface area contributed by atoms with E-state index in [-0.39, 0.29) is 12.3 Å². The normalized spacial score (nSPS) is 10.9. The van der Waals surface area contributed by atoms with Gasteiger partial charge in [-0.25, -0.2) is 4.79 Å². The number of carbonyl (C=O) groups is 1. The van der Waals surface area contributed by atoms with Gasteiger partial charge in [0.15, 0.2) is 5.69 Å². The first kappa shape index (κ1) is 16.0. The Morgan fingerprint density at radius 1 is 1.36 bits per heavy atom. The molecule has 0 aliphatic carbocycles. The predicted octanol–water partition coefficient (Wildman–Crippen LogP) is 3.47. The second-order valence-electron chi connectivity index (χ2n) is 4.56. The third-order valence-electron chi connectivity index (χ3n) is 2.66. The zero-order valence-electron chi connectivity index (χ0n) is 12.5. The Hall–Kier alpha value is -2.41. The van der Waals surface area contributed by atoms with E-state index in [0.29, 0.717) is 16.4 Å². The van der Waals surface area contributed by atoms with Crippen LogP contribution in [0.1, 0.15) is 17.4 Å². The monoisotopic (exact) mass is 321 g/mol. The molecule has 0 unspecified atom stereocenters. The number of esters is 1. The molecule has 0 radical (unpaired) electrons. The Labute approximate surface area is 132 Å². The number of aromatic amines is 1. The fourth-order valence-corrected chi connectivity index (χ4v) is 1.85. The molecule has 1 heterocycles. The summed E-state index contributed by atoms with van der Waals surface area (Å²) in [4.78, 5) is 12.0. The SMILES string of the molecule is CCOC(=O)c1[nH]nc(-c2ccc(Cl)cc2)c1N=NN(C)C. The van der Waals surface area contributed by atoms with Crippen LogP contribution in [0.5, 0.6) is 0 Å². The molecule has 22 heavy (non-hydrogen) atoms. The highest BCUT2D eigenvalue weighted by Crippen LogP contribution is 2.32. The second kappa shape index (κ2) is 7.04. The van der Waals surface area contributed by atoms with Crippen molar-refractivity contribution >= 4 is 23.3 Å². The Kier molecular flexibility index (Phi) is 5.11. The molecule has 2 rings (SSSR count). The number of H-pyrrole nitrogens is 1. The maximum atomic E-state index is 12.0. The molecule has 0 aliphatic rings. The average molecular weight is 322 g/mol. The van der Waals surface area contributed by atoms with Crippen LogP contribution in [-0.2, 0) is 4.74 Å². The molecule has 0 atom stereocenters. The summed E-state index contributed by atoms with van der Waals surface area (Å²) in [5.74, 6) is -0.525. The summed E-state index contributed by atoms with van der Waals surface area (Å²) in [6, 6.07) is 7.06. The highest BCUT2D eigenvalue weighted by Gasteiger charge is 2.21. The second-order valence-corrected chi connectivity index (χ2v) is 5.00. The maximum absolute atomic E-state index is 12.0. The fourth-order valence-electron chi connectivity index (χ4n) is 1.72. The van der Waals surface area contributed by atoms with Gasteiger partial charge in [-0.05, 0) is 19.1 Å². The molecule has 0 bridgehead atoms. The number of hydrogen-bond acceptors (Lipinski definition) is 5. The summed E-state index contributed by atoms with van der Waals surface area (Å²) >= 11 is 5.89. The van der Waals surface area contributed by atoms with Gasteiger partial charge in [-0.15, -0.1) is 5.11 Å². The fraction of sp³-hybridized carbons (Fsp3) is 0.286. The lowest BCUT2D eigenvalue weighted by molar-refractivity contribution is 0.0520. The number of nitrogens with zero attached hydrogens (tertiary/aromatic N) is 4. The molecule has 0 saturated carbocycles. The van der Waals surface area contributed by atoms with Crippen LogP contribution in [0.3, 0.4) is 0 Å². The Morgan fingerprint density at radius 2 is 2.05 bits per heavy atom. The molecule has 7 nitrogen and oxygen atoms in total. The van der Waals surface area contributed by atoms with Crippen LogP contribution in [-0.4, -0.2) is 41.9 Å². The van der Waals surface area contributed by atoms with E-state index in [1.807, 2.05) is 0 Å². The molecule has 116 valence electrons. The quantitative estimate of drug-likeness (QED) is 0.519. The largest absolute Gasteiger partial charge is 0.461 e. The van der Waals surface area contributed by atoms with Crippen molar-refractivity contribution < 1.29 is 9.53 Å². The molecule has 8 heteroatoms. The first-order valence-corrected chi connectivity index (χ1v) is 7.01. The van der Waals surface area contributed by atoms with E-state index in [1.54, 1.807) is 45.3 Å². The number of rotatable bonds is 5. The van der Waals surface area contributed by atoms with Gasteiger partial charge in [-0.2, -0.15) is 5.10 Å². The first-order chi connectivity index (χ1) is 10.5. The number of benzene rings is 1. The van der Waals surface area contributed by atoms with Crippen LogP contribution in [0.15, 0.2) is 34.6 Å². The summed E-state index contributed by atoms with van der Waals surface area (Å²) < 4.78 is 5.00. The molecule has 2 aromatic rings. The molecule has 0 aliphatic heterocycles. The summed E-state index contributed by atoms with van der Waals surface area (Å²) in [7, 11) is 3.46. The van der Waals surface area contributed by atoms with E-state index in [9.17, 15) is 4.79 Å². The van der Waals surface area contributed by atoms with Crippen LogP contribution in [0.25, 0.3) is 11.3 Å². The smallest absolute Gasteiger partial charge is 0.358 e. The summed E-state index contributed by atoms with van der Waals surface area (Å²) in [5.41, 5.74) is 1.76. The van der Waals surface area contributed by atoms with Crippen molar-refractivity contribution in [1.29, 1.82) is 0 Å².